The lowest BCUT2D eigenvalue weighted by Gasteiger charge is -2.37. The Kier molecular flexibility index (Phi) is 5.51. The van der Waals surface area contributed by atoms with E-state index in [1.54, 1.807) is 30.3 Å². The Hall–Kier alpha value is -2.87. The van der Waals surface area contributed by atoms with Crippen molar-refractivity contribution >= 4 is 22.9 Å². The van der Waals surface area contributed by atoms with Gasteiger partial charge in [0.1, 0.15) is 16.6 Å². The van der Waals surface area contributed by atoms with Crippen LogP contribution in [0.1, 0.15) is 11.3 Å². The highest BCUT2D eigenvalue weighted by molar-refractivity contribution is 7.80. The van der Waals surface area contributed by atoms with Crippen LogP contribution in [0.15, 0.2) is 65.1 Å². The molecular weight excluding hydrogens is 416 g/mol. The highest BCUT2D eigenvalue weighted by Gasteiger charge is 2.30. The zero-order chi connectivity index (χ0) is 21.3. The van der Waals surface area contributed by atoms with Gasteiger partial charge in [0, 0.05) is 37.4 Å². The molecule has 3 nitrogen and oxygen atoms in total. The van der Waals surface area contributed by atoms with Crippen molar-refractivity contribution in [3.05, 3.63) is 77.8 Å². The molecule has 0 N–H and O–H groups in total. The van der Waals surface area contributed by atoms with E-state index in [0.29, 0.717) is 48.3 Å². The van der Waals surface area contributed by atoms with Crippen LogP contribution in [0.4, 0.5) is 23.2 Å². The maximum absolute atomic E-state index is 13.1. The molecule has 30 heavy (non-hydrogen) atoms. The van der Waals surface area contributed by atoms with E-state index < -0.39 is 11.7 Å². The number of anilines is 1. The minimum absolute atomic E-state index is 0.270. The minimum atomic E-state index is -4.41. The fraction of sp³-hybridized carbons (Fsp3) is 0.227. The number of thiocarbonyl (C=S) groups is 1. The van der Waals surface area contributed by atoms with E-state index >= 15 is 0 Å². The van der Waals surface area contributed by atoms with Crippen LogP contribution in [0.2, 0.25) is 0 Å². The molecule has 4 rings (SSSR count). The lowest BCUT2D eigenvalue weighted by Crippen LogP contribution is -2.48. The number of nitrogens with zero attached hydrogens (tertiary/aromatic N) is 2. The summed E-state index contributed by atoms with van der Waals surface area (Å²) in [5, 5.41) is 0. The van der Waals surface area contributed by atoms with E-state index in [9.17, 15) is 17.6 Å². The van der Waals surface area contributed by atoms with Crippen molar-refractivity contribution in [1.29, 1.82) is 0 Å². The van der Waals surface area contributed by atoms with Crippen molar-refractivity contribution in [3.63, 3.8) is 0 Å². The maximum Gasteiger partial charge on any atom is 0.416 e. The second-order valence-electron chi connectivity index (χ2n) is 7.00. The molecule has 0 saturated carbocycles. The van der Waals surface area contributed by atoms with Crippen LogP contribution >= 0.6 is 12.2 Å². The van der Waals surface area contributed by atoms with Crippen LogP contribution in [0.3, 0.4) is 0 Å². The molecule has 1 aromatic heterocycles. The number of rotatable bonds is 3. The van der Waals surface area contributed by atoms with Gasteiger partial charge in [-0.15, -0.1) is 0 Å². The summed E-state index contributed by atoms with van der Waals surface area (Å²) >= 11 is 5.55. The summed E-state index contributed by atoms with van der Waals surface area (Å²) in [6.07, 6.45) is -4.41. The fourth-order valence-corrected chi connectivity index (χ4v) is 3.72. The van der Waals surface area contributed by atoms with Gasteiger partial charge in [-0.1, -0.05) is 24.4 Å². The molecule has 0 atom stereocenters. The first-order valence-corrected chi connectivity index (χ1v) is 9.79. The van der Waals surface area contributed by atoms with Crippen LogP contribution in [-0.4, -0.2) is 36.1 Å². The predicted molar refractivity (Wildman–Crippen MR) is 111 cm³/mol. The molecule has 156 valence electrons. The third-order valence-corrected chi connectivity index (χ3v) is 5.51. The highest BCUT2D eigenvalue weighted by Crippen LogP contribution is 2.33. The number of hydrogen-bond acceptors (Lipinski definition) is 3. The van der Waals surface area contributed by atoms with Gasteiger partial charge < -0.3 is 14.2 Å². The fourth-order valence-electron chi connectivity index (χ4n) is 3.43. The van der Waals surface area contributed by atoms with Crippen molar-refractivity contribution in [2.24, 2.45) is 0 Å². The smallest absolute Gasteiger partial charge is 0.416 e. The lowest BCUT2D eigenvalue weighted by molar-refractivity contribution is -0.137. The Balaban J connectivity index is 1.43. The van der Waals surface area contributed by atoms with E-state index in [-0.39, 0.29) is 5.82 Å². The maximum atomic E-state index is 13.1. The van der Waals surface area contributed by atoms with Crippen LogP contribution in [0.25, 0.3) is 11.3 Å². The Labute approximate surface area is 176 Å². The summed E-state index contributed by atoms with van der Waals surface area (Å²) in [5.41, 5.74) is 0.573. The molecule has 3 aromatic rings. The quantitative estimate of drug-likeness (QED) is 0.395. The van der Waals surface area contributed by atoms with Gasteiger partial charge >= 0.3 is 6.18 Å². The van der Waals surface area contributed by atoms with Crippen LogP contribution < -0.4 is 4.90 Å². The Morgan fingerprint density at radius 3 is 2.27 bits per heavy atom. The van der Waals surface area contributed by atoms with E-state index in [1.807, 2.05) is 4.90 Å². The average molecular weight is 434 g/mol. The summed E-state index contributed by atoms with van der Waals surface area (Å²) in [6, 6.07) is 14.7. The molecule has 2 aromatic carbocycles. The van der Waals surface area contributed by atoms with Gasteiger partial charge in [-0.3, -0.25) is 0 Å². The number of piperazine rings is 1. The standard InChI is InChI=1S/C22H18F4N2OS/c23-17-4-6-18(7-5-17)27-10-12-28(13-11-27)21(30)20-9-8-19(29-20)15-2-1-3-16(14-15)22(24,25)26/h1-9,14H,10-13H2. The molecule has 0 amide bonds. The number of alkyl halides is 3. The molecule has 0 spiro atoms. The van der Waals surface area contributed by atoms with Gasteiger partial charge in [0.15, 0.2) is 5.76 Å². The van der Waals surface area contributed by atoms with Gasteiger partial charge in [0.25, 0.3) is 0 Å². The lowest BCUT2D eigenvalue weighted by atomic mass is 10.1. The number of benzene rings is 2. The molecule has 2 heterocycles. The van der Waals surface area contributed by atoms with Crippen molar-refractivity contribution in [2.45, 2.75) is 6.18 Å². The zero-order valence-electron chi connectivity index (χ0n) is 15.8. The Morgan fingerprint density at radius 1 is 0.900 bits per heavy atom. The second-order valence-corrected chi connectivity index (χ2v) is 7.38. The highest BCUT2D eigenvalue weighted by atomic mass is 32.1. The molecule has 1 saturated heterocycles. The Bertz CT molecular complexity index is 1040. The minimum Gasteiger partial charge on any atom is -0.454 e. The topological polar surface area (TPSA) is 19.6 Å². The predicted octanol–water partition coefficient (Wildman–Crippen LogP) is 5.60. The third kappa shape index (κ3) is 4.33. The SMILES string of the molecule is Fc1ccc(N2CCN(C(=S)c3ccc(-c4cccc(C(F)(F)F)c4)o3)CC2)cc1. The summed E-state index contributed by atoms with van der Waals surface area (Å²) in [6.45, 7) is 2.76. The van der Waals surface area contributed by atoms with Crippen LogP contribution in [0.5, 0.6) is 0 Å². The average Bonchev–Trinajstić information content (AvgIpc) is 3.24. The molecule has 1 aliphatic heterocycles. The van der Waals surface area contributed by atoms with E-state index in [4.69, 9.17) is 16.6 Å². The molecule has 8 heteroatoms. The first-order chi connectivity index (χ1) is 14.3. The monoisotopic (exact) mass is 434 g/mol. The first kappa shape index (κ1) is 20.4. The van der Waals surface area contributed by atoms with Crippen LogP contribution in [0, 0.1) is 5.82 Å². The Morgan fingerprint density at radius 2 is 1.60 bits per heavy atom. The molecule has 0 unspecified atom stereocenters. The van der Waals surface area contributed by atoms with Gasteiger partial charge in [0.2, 0.25) is 0 Å². The molecule has 1 fully saturated rings. The summed E-state index contributed by atoms with van der Waals surface area (Å²) < 4.78 is 57.7. The van der Waals surface area contributed by atoms with Crippen molar-refractivity contribution < 1.29 is 22.0 Å². The largest absolute Gasteiger partial charge is 0.454 e. The van der Waals surface area contributed by atoms with E-state index in [2.05, 4.69) is 4.90 Å². The van der Waals surface area contributed by atoms with Gasteiger partial charge in [0.05, 0.1) is 5.56 Å². The molecule has 0 bridgehead atoms. The molecule has 1 aliphatic rings. The summed E-state index contributed by atoms with van der Waals surface area (Å²) in [4.78, 5) is 4.67. The first-order valence-electron chi connectivity index (χ1n) is 9.38. The van der Waals surface area contributed by atoms with Crippen molar-refractivity contribution in [2.75, 3.05) is 31.1 Å². The molecule has 0 radical (unpaired) electrons. The van der Waals surface area contributed by atoms with E-state index in [1.165, 1.54) is 18.2 Å². The van der Waals surface area contributed by atoms with Gasteiger partial charge in [-0.05, 0) is 48.5 Å². The van der Waals surface area contributed by atoms with E-state index in [0.717, 1.165) is 17.8 Å². The van der Waals surface area contributed by atoms with Gasteiger partial charge in [-0.25, -0.2) is 4.39 Å². The summed E-state index contributed by atoms with van der Waals surface area (Å²) in [7, 11) is 0. The van der Waals surface area contributed by atoms with Crippen LogP contribution in [-0.2, 0) is 6.18 Å². The number of halogens is 4. The normalized spacial score (nSPS) is 14.8. The number of furan rings is 1. The molecule has 0 aliphatic carbocycles. The number of hydrogen-bond donors (Lipinski definition) is 0. The van der Waals surface area contributed by atoms with Crippen molar-refractivity contribution in [3.8, 4) is 11.3 Å². The summed E-state index contributed by atoms with van der Waals surface area (Å²) in [5.74, 6) is 0.518. The third-order valence-electron chi connectivity index (χ3n) is 5.05. The van der Waals surface area contributed by atoms with Gasteiger partial charge in [-0.2, -0.15) is 13.2 Å². The van der Waals surface area contributed by atoms with Crippen molar-refractivity contribution in [1.82, 2.24) is 4.90 Å². The zero-order valence-corrected chi connectivity index (χ0v) is 16.6. The molecular formula is C22H18F4N2OS. The second kappa shape index (κ2) is 8.10.